The van der Waals surface area contributed by atoms with Crippen LogP contribution in [0.2, 0.25) is 0 Å². The van der Waals surface area contributed by atoms with Crippen molar-refractivity contribution in [3.63, 3.8) is 0 Å². The van der Waals surface area contributed by atoms with Crippen molar-refractivity contribution in [1.82, 2.24) is 14.9 Å². The molecule has 0 aliphatic carbocycles. The Bertz CT molecular complexity index is 804. The van der Waals surface area contributed by atoms with Gasteiger partial charge in [0.1, 0.15) is 0 Å². The monoisotopic (exact) mass is 370 g/mol. The van der Waals surface area contributed by atoms with Gasteiger partial charge in [-0.05, 0) is 24.6 Å². The second-order valence-corrected chi connectivity index (χ2v) is 6.62. The fourth-order valence-electron chi connectivity index (χ4n) is 2.24. The summed E-state index contributed by atoms with van der Waals surface area (Å²) in [6, 6.07) is 5.15. The van der Waals surface area contributed by atoms with E-state index < -0.39 is 0 Å². The van der Waals surface area contributed by atoms with E-state index in [2.05, 4.69) is 25.9 Å². The third-order valence-corrected chi connectivity index (χ3v) is 3.97. The first-order valence-electron chi connectivity index (χ1n) is 8.72. The van der Waals surface area contributed by atoms with E-state index in [1.165, 1.54) is 4.90 Å². The number of carbonyl (C=O) groups is 2. The number of nitrogens with zero attached hydrogens (tertiary/aromatic N) is 3. The second kappa shape index (κ2) is 8.98. The van der Waals surface area contributed by atoms with Crippen LogP contribution >= 0.6 is 0 Å². The van der Waals surface area contributed by atoms with Gasteiger partial charge in [-0.3, -0.25) is 4.79 Å². The molecule has 0 fully saturated rings. The minimum absolute atomic E-state index is 0.0660. The Morgan fingerprint density at radius 3 is 2.41 bits per heavy atom. The highest BCUT2D eigenvalue weighted by Gasteiger charge is 2.13. The minimum atomic E-state index is -0.266. The van der Waals surface area contributed by atoms with Gasteiger partial charge >= 0.3 is 6.03 Å². The third-order valence-electron chi connectivity index (χ3n) is 3.97. The maximum absolute atomic E-state index is 12.4. The highest BCUT2D eigenvalue weighted by atomic mass is 16.2. The van der Waals surface area contributed by atoms with Crippen molar-refractivity contribution in [2.45, 2.75) is 27.3 Å². The maximum Gasteiger partial charge on any atom is 0.321 e. The Morgan fingerprint density at radius 2 is 1.81 bits per heavy atom. The molecule has 0 radical (unpaired) electrons. The summed E-state index contributed by atoms with van der Waals surface area (Å²) in [6.07, 6.45) is 3.35. The molecule has 0 atom stereocenters. The first-order chi connectivity index (χ1) is 12.8. The predicted molar refractivity (Wildman–Crippen MR) is 107 cm³/mol. The van der Waals surface area contributed by atoms with Gasteiger partial charge < -0.3 is 20.9 Å². The summed E-state index contributed by atoms with van der Waals surface area (Å²) in [6.45, 7) is 5.94. The van der Waals surface area contributed by atoms with Crippen LogP contribution in [-0.4, -0.2) is 40.9 Å². The summed E-state index contributed by atoms with van der Waals surface area (Å²) >= 11 is 0. The number of benzene rings is 1. The van der Waals surface area contributed by atoms with Gasteiger partial charge in [0, 0.05) is 49.3 Å². The number of rotatable bonds is 6. The van der Waals surface area contributed by atoms with Crippen LogP contribution < -0.4 is 16.0 Å². The predicted octanol–water partition coefficient (Wildman–Crippen LogP) is 3.09. The summed E-state index contributed by atoms with van der Waals surface area (Å²) in [4.78, 5) is 34.2. The number of aromatic nitrogens is 2. The summed E-state index contributed by atoms with van der Waals surface area (Å²) < 4.78 is 0. The van der Waals surface area contributed by atoms with Gasteiger partial charge in [0.25, 0.3) is 0 Å². The first-order valence-corrected chi connectivity index (χ1v) is 8.72. The van der Waals surface area contributed by atoms with Gasteiger partial charge in [0.05, 0.1) is 6.54 Å². The molecule has 0 aliphatic rings. The second-order valence-electron chi connectivity index (χ2n) is 6.62. The van der Waals surface area contributed by atoms with Crippen molar-refractivity contribution >= 4 is 29.3 Å². The van der Waals surface area contributed by atoms with E-state index in [0.29, 0.717) is 23.9 Å². The third kappa shape index (κ3) is 5.67. The molecule has 3 N–H and O–H groups in total. The topological polar surface area (TPSA) is 99.3 Å². The fraction of sp³-hybridized carbons (Fsp3) is 0.368. The highest BCUT2D eigenvalue weighted by molar-refractivity contribution is 5.95. The van der Waals surface area contributed by atoms with Crippen molar-refractivity contribution in [2.75, 3.05) is 30.0 Å². The Labute approximate surface area is 159 Å². The van der Waals surface area contributed by atoms with E-state index in [1.807, 2.05) is 26.8 Å². The summed E-state index contributed by atoms with van der Waals surface area (Å²) in [5.41, 5.74) is 3.04. The largest absolute Gasteiger partial charge is 0.357 e. The molecule has 3 amide bonds. The fourth-order valence-corrected chi connectivity index (χ4v) is 2.24. The van der Waals surface area contributed by atoms with Crippen LogP contribution in [0.25, 0.3) is 0 Å². The molecule has 0 bridgehead atoms. The van der Waals surface area contributed by atoms with Crippen LogP contribution in [-0.2, 0) is 11.3 Å². The molecule has 1 aromatic heterocycles. The molecule has 2 aromatic rings. The van der Waals surface area contributed by atoms with Crippen molar-refractivity contribution in [3.05, 3.63) is 41.7 Å². The molecule has 27 heavy (non-hydrogen) atoms. The Hall–Kier alpha value is -3.16. The van der Waals surface area contributed by atoms with Gasteiger partial charge in [0.15, 0.2) is 0 Å². The molecular formula is C19H26N6O2. The van der Waals surface area contributed by atoms with Crippen LogP contribution in [0.15, 0.2) is 30.6 Å². The summed E-state index contributed by atoms with van der Waals surface area (Å²) in [7, 11) is 3.44. The number of carbonyl (C=O) groups excluding carboxylic acids is 2. The van der Waals surface area contributed by atoms with E-state index in [4.69, 9.17) is 0 Å². The molecule has 0 unspecified atom stereocenters. The van der Waals surface area contributed by atoms with Crippen molar-refractivity contribution in [1.29, 1.82) is 0 Å². The van der Waals surface area contributed by atoms with Crippen LogP contribution in [0.4, 0.5) is 22.1 Å². The number of aryl methyl sites for hydroxylation is 1. The van der Waals surface area contributed by atoms with Crippen LogP contribution in [0.5, 0.6) is 0 Å². The Morgan fingerprint density at radius 1 is 1.15 bits per heavy atom. The smallest absolute Gasteiger partial charge is 0.321 e. The zero-order valence-electron chi connectivity index (χ0n) is 16.3. The van der Waals surface area contributed by atoms with Crippen LogP contribution in [0.3, 0.4) is 0 Å². The molecule has 0 saturated carbocycles. The normalized spacial score (nSPS) is 10.4. The van der Waals surface area contributed by atoms with E-state index in [9.17, 15) is 9.59 Å². The van der Waals surface area contributed by atoms with Gasteiger partial charge in [-0.1, -0.05) is 19.9 Å². The van der Waals surface area contributed by atoms with E-state index in [0.717, 1.165) is 11.1 Å². The molecule has 8 heteroatoms. The Kier molecular flexibility index (Phi) is 6.70. The molecule has 2 rings (SSSR count). The average molecular weight is 370 g/mol. The average Bonchev–Trinajstić information content (AvgIpc) is 2.64. The highest BCUT2D eigenvalue weighted by Crippen LogP contribution is 2.21. The quantitative estimate of drug-likeness (QED) is 0.726. The number of urea groups is 1. The molecule has 144 valence electrons. The SMILES string of the molecule is CNc1ncc(CN(C)C(=O)Nc2ccc(C)c(NC(=O)C(C)C)c2)cn1. The zero-order valence-corrected chi connectivity index (χ0v) is 16.3. The first kappa shape index (κ1) is 20.2. The van der Waals surface area contributed by atoms with E-state index in [1.54, 1.807) is 38.6 Å². The lowest BCUT2D eigenvalue weighted by atomic mass is 10.1. The maximum atomic E-state index is 12.4. The van der Waals surface area contributed by atoms with Gasteiger partial charge in [-0.2, -0.15) is 0 Å². The lowest BCUT2D eigenvalue weighted by molar-refractivity contribution is -0.118. The van der Waals surface area contributed by atoms with Crippen molar-refractivity contribution in [3.8, 4) is 0 Å². The number of nitrogens with one attached hydrogen (secondary N) is 3. The van der Waals surface area contributed by atoms with Crippen molar-refractivity contribution in [2.24, 2.45) is 5.92 Å². The van der Waals surface area contributed by atoms with E-state index >= 15 is 0 Å². The summed E-state index contributed by atoms with van der Waals surface area (Å²) in [5, 5.41) is 8.56. The van der Waals surface area contributed by atoms with Gasteiger partial charge in [0.2, 0.25) is 11.9 Å². The number of amides is 3. The standard InChI is InChI=1S/C19H26N6O2/c1-12(2)17(26)24-16-8-15(7-6-13(16)3)23-19(27)25(5)11-14-9-21-18(20-4)22-10-14/h6-10,12H,11H2,1-5H3,(H,23,27)(H,24,26)(H,20,21,22). The van der Waals surface area contributed by atoms with Gasteiger partial charge in [-0.25, -0.2) is 14.8 Å². The van der Waals surface area contributed by atoms with Crippen molar-refractivity contribution < 1.29 is 9.59 Å². The number of anilines is 3. The molecular weight excluding hydrogens is 344 g/mol. The zero-order chi connectivity index (χ0) is 20.0. The number of hydrogen-bond acceptors (Lipinski definition) is 5. The minimum Gasteiger partial charge on any atom is -0.357 e. The molecule has 1 aromatic carbocycles. The molecule has 8 nitrogen and oxygen atoms in total. The van der Waals surface area contributed by atoms with Gasteiger partial charge in [-0.15, -0.1) is 0 Å². The lowest BCUT2D eigenvalue weighted by Gasteiger charge is -2.19. The number of hydrogen-bond donors (Lipinski definition) is 3. The molecule has 0 aliphatic heterocycles. The Balaban J connectivity index is 2.02. The molecule has 0 saturated heterocycles. The van der Waals surface area contributed by atoms with Crippen LogP contribution in [0, 0.1) is 12.8 Å². The van der Waals surface area contributed by atoms with Crippen LogP contribution in [0.1, 0.15) is 25.0 Å². The molecule has 1 heterocycles. The lowest BCUT2D eigenvalue weighted by Crippen LogP contribution is -2.31. The van der Waals surface area contributed by atoms with E-state index in [-0.39, 0.29) is 17.9 Å². The molecule has 0 spiro atoms. The summed E-state index contributed by atoms with van der Waals surface area (Å²) in [5.74, 6) is 0.343.